The summed E-state index contributed by atoms with van der Waals surface area (Å²) in [6.07, 6.45) is -8.12. The van der Waals surface area contributed by atoms with Crippen LogP contribution in [0, 0.1) is 0 Å². The van der Waals surface area contributed by atoms with E-state index in [9.17, 15) is 39.6 Å². The molecule has 15 heteroatoms. The Kier molecular flexibility index (Phi) is 8.38. The van der Waals surface area contributed by atoms with Gasteiger partial charge in [-0.2, -0.15) is 26.3 Å². The van der Waals surface area contributed by atoms with Crippen LogP contribution in [-0.4, -0.2) is 58.2 Å². The van der Waals surface area contributed by atoms with Crippen LogP contribution in [0.15, 0.2) is 65.6 Å². The van der Waals surface area contributed by atoms with Crippen molar-refractivity contribution in [2.45, 2.75) is 29.8 Å². The van der Waals surface area contributed by atoms with E-state index in [-0.39, 0.29) is 59.3 Å². The number of rotatable bonds is 6. The van der Waals surface area contributed by atoms with E-state index in [0.29, 0.717) is 6.07 Å². The number of carbonyl (C=O) groups is 1. The van der Waals surface area contributed by atoms with Crippen molar-refractivity contribution in [2.75, 3.05) is 37.6 Å². The Labute approximate surface area is 259 Å². The summed E-state index contributed by atoms with van der Waals surface area (Å²) in [4.78, 5) is 12.8. The van der Waals surface area contributed by atoms with Crippen LogP contribution in [-0.2, 0) is 31.9 Å². The van der Waals surface area contributed by atoms with Crippen molar-refractivity contribution in [1.82, 2.24) is 4.90 Å². The van der Waals surface area contributed by atoms with Gasteiger partial charge in [-0.3, -0.25) is 14.0 Å². The monoisotopic (exact) mass is 674 g/mol. The van der Waals surface area contributed by atoms with Crippen LogP contribution in [0.25, 0.3) is 11.6 Å². The van der Waals surface area contributed by atoms with E-state index in [1.54, 1.807) is 4.90 Å². The van der Waals surface area contributed by atoms with Gasteiger partial charge in [0.1, 0.15) is 5.75 Å². The summed E-state index contributed by atoms with van der Waals surface area (Å²) >= 11 is 6.15. The smallest absolute Gasteiger partial charge is 0.417 e. The van der Waals surface area contributed by atoms with Gasteiger partial charge in [0.15, 0.2) is 5.60 Å². The van der Waals surface area contributed by atoms with E-state index in [1.165, 1.54) is 50.4 Å². The lowest BCUT2D eigenvalue weighted by molar-refractivity contribution is -0.148. The van der Waals surface area contributed by atoms with Crippen molar-refractivity contribution < 1.29 is 49.0 Å². The van der Waals surface area contributed by atoms with Crippen molar-refractivity contribution in [3.8, 4) is 5.75 Å². The first-order chi connectivity index (χ1) is 20.9. The maximum atomic E-state index is 14.0. The maximum Gasteiger partial charge on any atom is 0.417 e. The van der Waals surface area contributed by atoms with Crippen LogP contribution >= 0.6 is 11.6 Å². The van der Waals surface area contributed by atoms with Gasteiger partial charge in [0, 0.05) is 23.7 Å². The van der Waals surface area contributed by atoms with Gasteiger partial charge in [-0.15, -0.1) is 0 Å². The molecule has 0 aliphatic carbocycles. The van der Waals surface area contributed by atoms with Crippen molar-refractivity contribution in [3.63, 3.8) is 0 Å². The first kappa shape index (κ1) is 32.6. The number of hydrogen-bond acceptors (Lipinski definition) is 6. The van der Waals surface area contributed by atoms with E-state index < -0.39 is 50.0 Å². The first-order valence-corrected chi connectivity index (χ1v) is 15.1. The van der Waals surface area contributed by atoms with Crippen molar-refractivity contribution >= 4 is 44.9 Å². The Morgan fingerprint density at radius 3 is 2.33 bits per heavy atom. The average molecular weight is 675 g/mol. The second-order valence-corrected chi connectivity index (χ2v) is 13.0. The Morgan fingerprint density at radius 2 is 1.69 bits per heavy atom. The Hall–Kier alpha value is -3.75. The zero-order valence-electron chi connectivity index (χ0n) is 23.7. The summed E-state index contributed by atoms with van der Waals surface area (Å²) in [5, 5.41) is -0.142. The molecule has 7 nitrogen and oxygen atoms in total. The number of methoxy groups -OCH3 is 1. The molecule has 1 saturated heterocycles. The molecule has 0 amide bonds. The molecule has 0 N–H and O–H groups in total. The highest BCUT2D eigenvalue weighted by atomic mass is 35.5. The zero-order chi connectivity index (χ0) is 32.9. The van der Waals surface area contributed by atoms with E-state index in [4.69, 9.17) is 16.3 Å². The van der Waals surface area contributed by atoms with Gasteiger partial charge in [-0.25, -0.2) is 8.42 Å². The summed E-state index contributed by atoms with van der Waals surface area (Å²) < 4.78 is 121. The van der Waals surface area contributed by atoms with Gasteiger partial charge in [-0.05, 0) is 60.5 Å². The van der Waals surface area contributed by atoms with Crippen molar-refractivity contribution in [3.05, 3.63) is 87.9 Å². The highest BCUT2D eigenvalue weighted by molar-refractivity contribution is 7.92. The molecule has 0 unspecified atom stereocenters. The third kappa shape index (κ3) is 6.49. The number of sulfonamides is 1. The SMILES string of the molecule is COC(=O)CN1CC2(C1)CN(S(=O)(=O)c1cccc(C(F)(F)F)c1)c1cc(/C=C(\C)c3c(Cl)cccc3C(F)(F)F)ccc1O2. The van der Waals surface area contributed by atoms with Gasteiger partial charge in [0.2, 0.25) is 0 Å². The molecule has 45 heavy (non-hydrogen) atoms. The number of anilines is 1. The molecule has 1 spiro atoms. The standard InChI is InChI=1S/C30H25ClF6N2O5S/c1-18(27-22(30(35,36)37)7-4-8-23(27)31)11-19-9-10-25-24(12-19)39(17-28(44-25)15-38(16-28)14-26(40)43-2)45(41,42)21-6-3-5-20(13-21)29(32,33)34/h3-13H,14-17H2,1-2H3/b18-11+. The number of benzene rings is 3. The topological polar surface area (TPSA) is 76.2 Å². The number of nitrogens with zero attached hydrogens (tertiary/aromatic N) is 2. The van der Waals surface area contributed by atoms with Gasteiger partial charge in [-0.1, -0.05) is 35.9 Å². The van der Waals surface area contributed by atoms with Gasteiger partial charge < -0.3 is 9.47 Å². The molecule has 0 aromatic heterocycles. The molecule has 0 radical (unpaired) electrons. The molecule has 240 valence electrons. The number of carbonyl (C=O) groups excluding carboxylic acids is 1. The quantitative estimate of drug-likeness (QED) is 0.164. The Morgan fingerprint density at radius 1 is 1.00 bits per heavy atom. The summed E-state index contributed by atoms with van der Waals surface area (Å²) in [6.45, 7) is 1.25. The molecule has 5 rings (SSSR count). The largest absolute Gasteiger partial charge is 0.480 e. The molecule has 3 aromatic rings. The number of hydrogen-bond donors (Lipinski definition) is 0. The summed E-state index contributed by atoms with van der Waals surface area (Å²) in [5.41, 5.74) is -3.12. The number of ether oxygens (including phenoxy) is 2. The molecule has 3 aromatic carbocycles. The fourth-order valence-electron chi connectivity index (χ4n) is 5.47. The number of fused-ring (bicyclic) bond motifs is 1. The first-order valence-electron chi connectivity index (χ1n) is 13.3. The minimum atomic E-state index is -4.80. The second kappa shape index (κ2) is 11.6. The van der Waals surface area contributed by atoms with Gasteiger partial charge >= 0.3 is 18.3 Å². The van der Waals surface area contributed by atoms with Crippen LogP contribution in [0.3, 0.4) is 0 Å². The number of alkyl halides is 6. The summed E-state index contributed by atoms with van der Waals surface area (Å²) in [5.74, 6) is -0.438. The average Bonchev–Trinajstić information content (AvgIpc) is 2.95. The fraction of sp³-hybridized carbons (Fsp3) is 0.300. The molecular formula is C30H25ClF6N2O5S. The Bertz CT molecular complexity index is 1790. The highest BCUT2D eigenvalue weighted by Gasteiger charge is 2.52. The number of allylic oxidation sites excluding steroid dienone is 1. The highest BCUT2D eigenvalue weighted by Crippen LogP contribution is 2.45. The van der Waals surface area contributed by atoms with E-state index >= 15 is 0 Å². The van der Waals surface area contributed by atoms with Gasteiger partial charge in [0.05, 0.1) is 41.9 Å². The third-order valence-corrected chi connectivity index (χ3v) is 9.53. The fourth-order valence-corrected chi connectivity index (χ4v) is 7.38. The van der Waals surface area contributed by atoms with Crippen LogP contribution < -0.4 is 9.04 Å². The number of halogens is 7. The molecule has 0 saturated carbocycles. The predicted octanol–water partition coefficient (Wildman–Crippen LogP) is 6.75. The number of esters is 1. The maximum absolute atomic E-state index is 14.0. The second-order valence-electron chi connectivity index (χ2n) is 10.8. The van der Waals surface area contributed by atoms with E-state index in [1.807, 2.05) is 0 Å². The molecule has 0 atom stereocenters. The molecular weight excluding hydrogens is 650 g/mol. The third-order valence-electron chi connectivity index (χ3n) is 7.46. The number of likely N-dealkylation sites (tertiary alicyclic amines) is 1. The zero-order valence-corrected chi connectivity index (χ0v) is 25.2. The van der Waals surface area contributed by atoms with Crippen LogP contribution in [0.1, 0.15) is 29.2 Å². The molecule has 2 aliphatic rings. The summed E-state index contributed by atoms with van der Waals surface area (Å²) in [7, 11) is -3.41. The van der Waals surface area contributed by atoms with E-state index in [0.717, 1.165) is 28.6 Å². The van der Waals surface area contributed by atoms with Gasteiger partial charge in [0.25, 0.3) is 10.0 Å². The lowest BCUT2D eigenvalue weighted by Crippen LogP contribution is -2.71. The molecule has 2 aliphatic heterocycles. The lowest BCUT2D eigenvalue weighted by atomic mass is 9.91. The minimum absolute atomic E-state index is 0.0267. The predicted molar refractivity (Wildman–Crippen MR) is 154 cm³/mol. The van der Waals surface area contributed by atoms with Crippen LogP contribution in [0.4, 0.5) is 32.0 Å². The Balaban J connectivity index is 1.58. The van der Waals surface area contributed by atoms with E-state index in [2.05, 4.69) is 4.74 Å². The molecule has 2 heterocycles. The lowest BCUT2D eigenvalue weighted by Gasteiger charge is -2.53. The normalized spacial score (nSPS) is 17.0. The van der Waals surface area contributed by atoms with Crippen molar-refractivity contribution in [2.24, 2.45) is 0 Å². The summed E-state index contributed by atoms with van der Waals surface area (Å²) in [6, 6.07) is 11.0. The van der Waals surface area contributed by atoms with Crippen LogP contribution in [0.2, 0.25) is 5.02 Å². The minimum Gasteiger partial charge on any atom is -0.480 e. The molecule has 0 bridgehead atoms. The van der Waals surface area contributed by atoms with Crippen LogP contribution in [0.5, 0.6) is 5.75 Å². The van der Waals surface area contributed by atoms with Crippen molar-refractivity contribution in [1.29, 1.82) is 0 Å². The molecule has 1 fully saturated rings.